The number of rotatable bonds is 13. The summed E-state index contributed by atoms with van der Waals surface area (Å²) in [4.78, 5) is 22.4. The van der Waals surface area contributed by atoms with Gasteiger partial charge in [0, 0.05) is 19.4 Å². The van der Waals surface area contributed by atoms with Crippen molar-refractivity contribution in [1.82, 2.24) is 0 Å². The molecule has 0 bridgehead atoms. The molecule has 0 saturated carbocycles. The number of methoxy groups -OCH3 is 1. The van der Waals surface area contributed by atoms with Crippen LogP contribution in [-0.4, -0.2) is 36.9 Å². The van der Waals surface area contributed by atoms with Crippen LogP contribution < -0.4 is 0 Å². The lowest BCUT2D eigenvalue weighted by molar-refractivity contribution is -0.450. The second kappa shape index (κ2) is 15.3. The lowest BCUT2D eigenvalue weighted by atomic mass is 9.93. The van der Waals surface area contributed by atoms with E-state index in [2.05, 4.69) is 13.8 Å². The van der Waals surface area contributed by atoms with Crippen LogP contribution in [0.4, 0.5) is 0 Å². The average molecular weight is 389 g/mol. The highest BCUT2D eigenvalue weighted by Gasteiger charge is 2.33. The Morgan fingerprint density at radius 1 is 0.963 bits per heavy atom. The summed E-state index contributed by atoms with van der Waals surface area (Å²) in [5.74, 6) is -0.114. The number of carbonyl (C=O) groups is 1. The third-order valence-electron chi connectivity index (χ3n) is 5.20. The molecule has 4 unspecified atom stereocenters. The molecule has 1 fully saturated rings. The first-order valence-electron chi connectivity index (χ1n) is 10.8. The number of unbranched alkanes of at least 4 members (excludes halogenated alkanes) is 7. The summed E-state index contributed by atoms with van der Waals surface area (Å²) < 4.78 is 10.9. The van der Waals surface area contributed by atoms with Crippen LogP contribution in [0.15, 0.2) is 0 Å². The van der Waals surface area contributed by atoms with E-state index >= 15 is 0 Å². The molecular weight excluding hydrogens is 348 g/mol. The molecule has 27 heavy (non-hydrogen) atoms. The maximum atomic E-state index is 12.1. The molecule has 1 aliphatic heterocycles. The predicted octanol–water partition coefficient (Wildman–Crippen LogP) is 4.88. The highest BCUT2D eigenvalue weighted by atomic mass is 17.2. The topological polar surface area (TPSA) is 74.2 Å². The second-order valence-corrected chi connectivity index (χ2v) is 7.57. The van der Waals surface area contributed by atoms with E-state index in [9.17, 15) is 9.90 Å². The van der Waals surface area contributed by atoms with Crippen molar-refractivity contribution in [3.05, 3.63) is 0 Å². The lowest BCUT2D eigenvalue weighted by Gasteiger charge is -2.32. The first kappa shape index (κ1) is 24.3. The molecular formula is C21H40O6. The zero-order valence-corrected chi connectivity index (χ0v) is 17.5. The number of hydrogen-bond acceptors (Lipinski definition) is 6. The quantitative estimate of drug-likeness (QED) is 0.275. The fraction of sp³-hybridized carbons (Fsp3) is 0.952. The molecule has 1 rings (SSSR count). The van der Waals surface area contributed by atoms with Crippen LogP contribution in [0, 0.1) is 5.92 Å². The summed E-state index contributed by atoms with van der Waals surface area (Å²) in [6, 6.07) is 0. The van der Waals surface area contributed by atoms with Crippen molar-refractivity contribution in [1.29, 1.82) is 0 Å². The van der Waals surface area contributed by atoms with Crippen LogP contribution in [0.3, 0.4) is 0 Å². The summed E-state index contributed by atoms with van der Waals surface area (Å²) in [5.41, 5.74) is 0. The standard InChI is InChI=1S/C21H40O6/c1-4-6-8-10-12-14-19(22)25-18-16-15-17(13-11-9-7-5-2)21(24-3)27-26-20(18)23/h17-18,20-21,23H,4-16H2,1-3H3. The normalized spacial score (nSPS) is 26.4. The molecule has 0 aromatic heterocycles. The van der Waals surface area contributed by atoms with Crippen molar-refractivity contribution in [2.45, 2.75) is 116 Å². The van der Waals surface area contributed by atoms with Gasteiger partial charge in [0.2, 0.25) is 6.29 Å². The Hall–Kier alpha value is -0.690. The Balaban J connectivity index is 2.43. The Kier molecular flexibility index (Phi) is 13.8. The lowest BCUT2D eigenvalue weighted by Crippen LogP contribution is -2.40. The molecule has 4 atom stereocenters. The van der Waals surface area contributed by atoms with Crippen molar-refractivity contribution in [3.8, 4) is 0 Å². The molecule has 0 radical (unpaired) electrons. The number of aliphatic hydroxyl groups excluding tert-OH is 1. The average Bonchev–Trinajstić information content (AvgIpc) is 2.66. The first-order chi connectivity index (χ1) is 13.1. The van der Waals surface area contributed by atoms with E-state index in [1.807, 2.05) is 0 Å². The maximum absolute atomic E-state index is 12.1. The molecule has 0 aromatic carbocycles. The van der Waals surface area contributed by atoms with Gasteiger partial charge in [0.15, 0.2) is 12.4 Å². The third kappa shape index (κ3) is 10.4. The fourth-order valence-electron chi connectivity index (χ4n) is 3.47. The van der Waals surface area contributed by atoms with Gasteiger partial charge in [-0.05, 0) is 25.7 Å². The van der Waals surface area contributed by atoms with E-state index in [1.165, 1.54) is 32.1 Å². The van der Waals surface area contributed by atoms with Gasteiger partial charge in [0.1, 0.15) is 0 Å². The van der Waals surface area contributed by atoms with Gasteiger partial charge in [-0.15, -0.1) is 0 Å². The third-order valence-corrected chi connectivity index (χ3v) is 5.20. The van der Waals surface area contributed by atoms with Gasteiger partial charge in [-0.1, -0.05) is 65.2 Å². The largest absolute Gasteiger partial charge is 0.457 e. The minimum absolute atomic E-state index is 0.162. The maximum Gasteiger partial charge on any atom is 0.306 e. The molecule has 0 aliphatic carbocycles. The summed E-state index contributed by atoms with van der Waals surface area (Å²) in [6.45, 7) is 4.35. The van der Waals surface area contributed by atoms with Crippen molar-refractivity contribution >= 4 is 5.97 Å². The van der Waals surface area contributed by atoms with Gasteiger partial charge < -0.3 is 14.6 Å². The molecule has 1 aliphatic rings. The monoisotopic (exact) mass is 388 g/mol. The van der Waals surface area contributed by atoms with Gasteiger partial charge in [-0.2, -0.15) is 4.89 Å². The van der Waals surface area contributed by atoms with E-state index in [4.69, 9.17) is 19.2 Å². The molecule has 6 nitrogen and oxygen atoms in total. The number of aliphatic hydroxyl groups is 1. The van der Waals surface area contributed by atoms with Gasteiger partial charge in [0.25, 0.3) is 0 Å². The number of esters is 1. The molecule has 0 aromatic rings. The van der Waals surface area contributed by atoms with E-state index in [0.29, 0.717) is 12.8 Å². The molecule has 0 amide bonds. The summed E-state index contributed by atoms with van der Waals surface area (Å²) in [6.07, 6.45) is 10.3. The SMILES string of the molecule is CCCCCCCC(=O)OC1CCC(CCCCCC)C(OC)OOC1O. The smallest absolute Gasteiger partial charge is 0.306 e. The Morgan fingerprint density at radius 2 is 1.63 bits per heavy atom. The van der Waals surface area contributed by atoms with Crippen LogP contribution in [0.25, 0.3) is 0 Å². The van der Waals surface area contributed by atoms with Gasteiger partial charge >= 0.3 is 5.97 Å². The van der Waals surface area contributed by atoms with E-state index in [-0.39, 0.29) is 11.9 Å². The Bertz CT molecular complexity index is 376. The Labute approximate surface area is 164 Å². The second-order valence-electron chi connectivity index (χ2n) is 7.57. The molecule has 6 heteroatoms. The zero-order chi connectivity index (χ0) is 19.9. The van der Waals surface area contributed by atoms with E-state index in [1.54, 1.807) is 7.11 Å². The van der Waals surface area contributed by atoms with E-state index in [0.717, 1.165) is 38.5 Å². The van der Waals surface area contributed by atoms with Crippen LogP contribution in [0.2, 0.25) is 0 Å². The number of hydrogen-bond donors (Lipinski definition) is 1. The van der Waals surface area contributed by atoms with Gasteiger partial charge in [-0.25, -0.2) is 4.89 Å². The minimum atomic E-state index is -1.28. The highest BCUT2D eigenvalue weighted by Crippen LogP contribution is 2.28. The minimum Gasteiger partial charge on any atom is -0.457 e. The summed E-state index contributed by atoms with van der Waals surface area (Å²) >= 11 is 0. The zero-order valence-electron chi connectivity index (χ0n) is 17.5. The number of carbonyl (C=O) groups excluding carboxylic acids is 1. The van der Waals surface area contributed by atoms with Crippen molar-refractivity contribution in [2.24, 2.45) is 5.92 Å². The molecule has 1 saturated heterocycles. The number of ether oxygens (including phenoxy) is 2. The molecule has 1 N–H and O–H groups in total. The van der Waals surface area contributed by atoms with Crippen molar-refractivity contribution in [3.63, 3.8) is 0 Å². The Morgan fingerprint density at radius 3 is 2.30 bits per heavy atom. The predicted molar refractivity (Wildman–Crippen MR) is 104 cm³/mol. The molecule has 0 spiro atoms. The summed E-state index contributed by atoms with van der Waals surface area (Å²) in [7, 11) is 1.58. The van der Waals surface area contributed by atoms with Gasteiger partial charge in [-0.3, -0.25) is 4.79 Å². The van der Waals surface area contributed by atoms with E-state index < -0.39 is 18.7 Å². The van der Waals surface area contributed by atoms with Crippen LogP contribution >= 0.6 is 0 Å². The summed E-state index contributed by atoms with van der Waals surface area (Å²) in [5, 5.41) is 10.1. The first-order valence-corrected chi connectivity index (χ1v) is 10.8. The molecule has 160 valence electrons. The van der Waals surface area contributed by atoms with Crippen LogP contribution in [-0.2, 0) is 24.0 Å². The molecule has 1 heterocycles. The highest BCUT2D eigenvalue weighted by molar-refractivity contribution is 5.69. The fourth-order valence-corrected chi connectivity index (χ4v) is 3.47. The van der Waals surface area contributed by atoms with Crippen LogP contribution in [0.1, 0.15) is 97.3 Å². The van der Waals surface area contributed by atoms with Crippen LogP contribution in [0.5, 0.6) is 0 Å². The van der Waals surface area contributed by atoms with Gasteiger partial charge in [0.05, 0.1) is 0 Å². The van der Waals surface area contributed by atoms with Crippen molar-refractivity contribution < 1.29 is 29.1 Å². The van der Waals surface area contributed by atoms with Crippen molar-refractivity contribution in [2.75, 3.05) is 7.11 Å².